The van der Waals surface area contributed by atoms with Gasteiger partial charge >= 0.3 is 0 Å². The largest absolute Gasteiger partial charge is 0.295 e. The van der Waals surface area contributed by atoms with E-state index in [1.165, 1.54) is 37.7 Å². The molecule has 1 aliphatic carbocycles. The quantitative estimate of drug-likeness (QED) is 0.505. The molecular formula is C15H24O. The van der Waals surface area contributed by atoms with Crippen LogP contribution in [0.5, 0.6) is 0 Å². The summed E-state index contributed by atoms with van der Waals surface area (Å²) >= 11 is 0. The van der Waals surface area contributed by atoms with E-state index in [2.05, 4.69) is 13.2 Å². The number of rotatable bonds is 4. The summed E-state index contributed by atoms with van der Waals surface area (Å²) in [5.74, 6) is 0.959. The Morgan fingerprint density at radius 2 is 2.06 bits per heavy atom. The minimum Gasteiger partial charge on any atom is -0.295 e. The van der Waals surface area contributed by atoms with Crippen LogP contribution >= 0.6 is 0 Å². The number of hydrogen-bond donors (Lipinski definition) is 0. The maximum absolute atomic E-state index is 11.5. The van der Waals surface area contributed by atoms with Crippen molar-refractivity contribution >= 4 is 5.78 Å². The summed E-state index contributed by atoms with van der Waals surface area (Å²) in [6.45, 7) is 9.60. The van der Waals surface area contributed by atoms with Crippen LogP contribution in [0, 0.1) is 5.92 Å². The van der Waals surface area contributed by atoms with Crippen LogP contribution in [0.4, 0.5) is 0 Å². The summed E-state index contributed by atoms with van der Waals surface area (Å²) in [5, 5.41) is 0. The van der Waals surface area contributed by atoms with Crippen molar-refractivity contribution in [3.05, 3.63) is 24.3 Å². The van der Waals surface area contributed by atoms with Crippen LogP contribution in [0.3, 0.4) is 0 Å². The number of ketones is 1. The lowest BCUT2D eigenvalue weighted by Gasteiger charge is -2.20. The Labute approximate surface area is 99.6 Å². The molecule has 1 rings (SSSR count). The maximum atomic E-state index is 11.5. The molecule has 0 radical (unpaired) electrons. The van der Waals surface area contributed by atoms with Gasteiger partial charge in [0.05, 0.1) is 0 Å². The van der Waals surface area contributed by atoms with E-state index in [-0.39, 0.29) is 5.78 Å². The molecule has 1 unspecified atom stereocenters. The fraction of sp³-hybridized carbons (Fsp3) is 0.667. The van der Waals surface area contributed by atoms with Gasteiger partial charge in [0.2, 0.25) is 0 Å². The lowest BCUT2D eigenvalue weighted by Crippen LogP contribution is -2.08. The molecule has 0 saturated heterocycles. The van der Waals surface area contributed by atoms with Gasteiger partial charge in [-0.05, 0) is 50.5 Å². The second-order valence-electron chi connectivity index (χ2n) is 5.14. The minimum absolute atomic E-state index is 0.237. The third kappa shape index (κ3) is 4.78. The van der Waals surface area contributed by atoms with Gasteiger partial charge in [0.15, 0.2) is 5.78 Å². The predicted molar refractivity (Wildman–Crippen MR) is 69.4 cm³/mol. The zero-order chi connectivity index (χ0) is 12.0. The Balaban J connectivity index is 2.32. The van der Waals surface area contributed by atoms with Crippen molar-refractivity contribution in [3.63, 3.8) is 0 Å². The molecule has 0 aromatic heterocycles. The van der Waals surface area contributed by atoms with E-state index in [9.17, 15) is 4.79 Å². The van der Waals surface area contributed by atoms with Crippen molar-refractivity contribution in [2.75, 3.05) is 0 Å². The van der Waals surface area contributed by atoms with E-state index in [1.54, 1.807) is 0 Å². The molecule has 0 bridgehead atoms. The fourth-order valence-electron chi connectivity index (χ4n) is 2.32. The predicted octanol–water partition coefficient (Wildman–Crippen LogP) is 4.44. The van der Waals surface area contributed by atoms with Gasteiger partial charge in [-0.2, -0.15) is 0 Å². The molecule has 90 valence electrons. The number of carbonyl (C=O) groups is 1. The first-order valence-electron chi connectivity index (χ1n) is 6.45. The van der Waals surface area contributed by atoms with E-state index < -0.39 is 0 Å². The van der Waals surface area contributed by atoms with Crippen LogP contribution in [0.1, 0.15) is 58.3 Å². The van der Waals surface area contributed by atoms with Crippen LogP contribution in [0.15, 0.2) is 24.3 Å². The number of allylic oxidation sites excluding steroid dienone is 2. The van der Waals surface area contributed by atoms with Crippen LogP contribution in [0.25, 0.3) is 0 Å². The second kappa shape index (κ2) is 6.67. The molecule has 0 aromatic carbocycles. The first kappa shape index (κ1) is 13.2. The number of carbonyl (C=O) groups excluding carboxylic acids is 1. The number of Topliss-reactive ketones (excluding diaryl/α,β-unsaturated/α-hetero) is 1. The Bertz CT molecular complexity index is 275. The highest BCUT2D eigenvalue weighted by molar-refractivity contribution is 5.94. The van der Waals surface area contributed by atoms with Crippen molar-refractivity contribution in [1.82, 2.24) is 0 Å². The average molecular weight is 220 g/mol. The Kier molecular flexibility index (Phi) is 5.51. The van der Waals surface area contributed by atoms with Crippen molar-refractivity contribution in [1.29, 1.82) is 0 Å². The van der Waals surface area contributed by atoms with Gasteiger partial charge in [0.1, 0.15) is 0 Å². The van der Waals surface area contributed by atoms with Crippen LogP contribution in [-0.4, -0.2) is 5.78 Å². The molecule has 0 N–H and O–H groups in total. The van der Waals surface area contributed by atoms with Gasteiger partial charge in [-0.15, -0.1) is 0 Å². The molecule has 0 amide bonds. The van der Waals surface area contributed by atoms with E-state index in [0.29, 0.717) is 12.0 Å². The van der Waals surface area contributed by atoms with Crippen LogP contribution < -0.4 is 0 Å². The molecule has 0 heterocycles. The molecule has 1 fully saturated rings. The lowest BCUT2D eigenvalue weighted by molar-refractivity contribution is -0.115. The number of hydrogen-bond acceptors (Lipinski definition) is 1. The minimum atomic E-state index is 0.237. The van der Waals surface area contributed by atoms with Gasteiger partial charge in [-0.1, -0.05) is 31.6 Å². The molecule has 1 nitrogen and oxygen atoms in total. The molecule has 16 heavy (non-hydrogen) atoms. The topological polar surface area (TPSA) is 17.1 Å². The van der Waals surface area contributed by atoms with E-state index in [4.69, 9.17) is 0 Å². The van der Waals surface area contributed by atoms with Crippen molar-refractivity contribution in [2.24, 2.45) is 5.92 Å². The highest BCUT2D eigenvalue weighted by Gasteiger charge is 2.14. The Morgan fingerprint density at radius 1 is 1.31 bits per heavy atom. The van der Waals surface area contributed by atoms with Gasteiger partial charge in [0, 0.05) is 6.42 Å². The summed E-state index contributed by atoms with van der Waals surface area (Å²) in [6, 6.07) is 0. The van der Waals surface area contributed by atoms with Gasteiger partial charge in [0.25, 0.3) is 0 Å². The summed E-state index contributed by atoms with van der Waals surface area (Å²) < 4.78 is 0. The molecule has 1 saturated carbocycles. The third-order valence-corrected chi connectivity index (χ3v) is 3.55. The SMILES string of the molecule is C=C1CCCCC(CCC(=O)C(=C)C)CC1. The summed E-state index contributed by atoms with van der Waals surface area (Å²) in [7, 11) is 0. The summed E-state index contributed by atoms with van der Waals surface area (Å²) in [6.07, 6.45) is 9.18. The first-order chi connectivity index (χ1) is 7.59. The van der Waals surface area contributed by atoms with Gasteiger partial charge in [-0.25, -0.2) is 0 Å². The normalized spacial score (nSPS) is 22.3. The summed E-state index contributed by atoms with van der Waals surface area (Å²) in [5.41, 5.74) is 2.10. The Hall–Kier alpha value is -0.850. The molecule has 1 atom stereocenters. The molecule has 1 heteroatoms. The Morgan fingerprint density at radius 3 is 2.75 bits per heavy atom. The highest BCUT2D eigenvalue weighted by atomic mass is 16.1. The molecular weight excluding hydrogens is 196 g/mol. The van der Waals surface area contributed by atoms with E-state index >= 15 is 0 Å². The molecule has 0 aromatic rings. The maximum Gasteiger partial charge on any atom is 0.157 e. The molecule has 0 aliphatic heterocycles. The molecule has 1 aliphatic rings. The average Bonchev–Trinajstić information content (AvgIpc) is 2.22. The van der Waals surface area contributed by atoms with Crippen LogP contribution in [-0.2, 0) is 4.79 Å². The highest BCUT2D eigenvalue weighted by Crippen LogP contribution is 2.28. The monoisotopic (exact) mass is 220 g/mol. The fourth-order valence-corrected chi connectivity index (χ4v) is 2.32. The standard InChI is InChI=1S/C15H24O/c1-12(2)15(16)11-10-14-7-5-4-6-13(3)8-9-14/h14H,1,3-11H2,2H3. The molecule has 0 spiro atoms. The summed E-state index contributed by atoms with van der Waals surface area (Å²) in [4.78, 5) is 11.5. The smallest absolute Gasteiger partial charge is 0.157 e. The second-order valence-corrected chi connectivity index (χ2v) is 5.14. The zero-order valence-electron chi connectivity index (χ0n) is 10.6. The van der Waals surface area contributed by atoms with E-state index in [1.807, 2.05) is 6.92 Å². The van der Waals surface area contributed by atoms with Gasteiger partial charge in [-0.3, -0.25) is 4.79 Å². The van der Waals surface area contributed by atoms with Crippen molar-refractivity contribution < 1.29 is 4.79 Å². The first-order valence-corrected chi connectivity index (χ1v) is 6.45. The third-order valence-electron chi connectivity index (χ3n) is 3.55. The zero-order valence-corrected chi connectivity index (χ0v) is 10.6. The van der Waals surface area contributed by atoms with Gasteiger partial charge < -0.3 is 0 Å². The van der Waals surface area contributed by atoms with Crippen molar-refractivity contribution in [2.45, 2.75) is 58.3 Å². The van der Waals surface area contributed by atoms with E-state index in [0.717, 1.165) is 18.8 Å². The van der Waals surface area contributed by atoms with Crippen LogP contribution in [0.2, 0.25) is 0 Å². The van der Waals surface area contributed by atoms with Crippen molar-refractivity contribution in [3.8, 4) is 0 Å². The lowest BCUT2D eigenvalue weighted by atomic mass is 9.86.